The number of aliphatic hydroxyl groups is 1. The highest BCUT2D eigenvalue weighted by Gasteiger charge is 2.25. The Morgan fingerprint density at radius 1 is 1.39 bits per heavy atom. The predicted octanol–water partition coefficient (Wildman–Crippen LogP) is 0.823. The lowest BCUT2D eigenvalue weighted by Crippen LogP contribution is -2.47. The fraction of sp³-hybridized carbons (Fsp3) is 0.647. The molecule has 0 saturated carbocycles. The second-order valence-corrected chi connectivity index (χ2v) is 6.12. The number of carbonyl (C=O) groups is 2. The SMILES string of the molecule is CCCCCNC(=O)C1C=CC(NC(=O)[C@@H](N)[C@@H](C)O)=CC1C. The molecular formula is C17H29N3O3. The smallest absolute Gasteiger partial charge is 0.243 e. The highest BCUT2D eigenvalue weighted by molar-refractivity contribution is 5.85. The van der Waals surface area contributed by atoms with Crippen molar-refractivity contribution < 1.29 is 14.7 Å². The molecule has 130 valence electrons. The van der Waals surface area contributed by atoms with Gasteiger partial charge in [-0.2, -0.15) is 0 Å². The van der Waals surface area contributed by atoms with Gasteiger partial charge in [0.05, 0.1) is 12.0 Å². The molecule has 23 heavy (non-hydrogen) atoms. The summed E-state index contributed by atoms with van der Waals surface area (Å²) in [6.45, 7) is 6.22. The van der Waals surface area contributed by atoms with Crippen LogP contribution in [0, 0.1) is 11.8 Å². The fourth-order valence-electron chi connectivity index (χ4n) is 2.38. The third kappa shape index (κ3) is 6.15. The summed E-state index contributed by atoms with van der Waals surface area (Å²) >= 11 is 0. The summed E-state index contributed by atoms with van der Waals surface area (Å²) < 4.78 is 0. The van der Waals surface area contributed by atoms with Crippen molar-refractivity contribution in [3.05, 3.63) is 23.9 Å². The molecule has 0 radical (unpaired) electrons. The van der Waals surface area contributed by atoms with Crippen LogP contribution in [0.1, 0.15) is 40.0 Å². The second kappa shape index (κ2) is 9.47. The quantitative estimate of drug-likeness (QED) is 0.496. The number of hydrogen-bond donors (Lipinski definition) is 4. The molecular weight excluding hydrogens is 294 g/mol. The maximum absolute atomic E-state index is 12.2. The normalized spacial score (nSPS) is 22.9. The molecule has 2 amide bonds. The molecule has 2 unspecified atom stereocenters. The lowest BCUT2D eigenvalue weighted by atomic mass is 9.88. The number of amides is 2. The van der Waals surface area contributed by atoms with Gasteiger partial charge in [-0.15, -0.1) is 0 Å². The van der Waals surface area contributed by atoms with Crippen LogP contribution in [0.5, 0.6) is 0 Å². The van der Waals surface area contributed by atoms with Gasteiger partial charge in [-0.05, 0) is 25.3 Å². The Labute approximate surface area is 138 Å². The Bertz CT molecular complexity index is 472. The van der Waals surface area contributed by atoms with Crippen molar-refractivity contribution in [1.82, 2.24) is 10.6 Å². The Morgan fingerprint density at radius 3 is 2.65 bits per heavy atom. The molecule has 1 aliphatic rings. The van der Waals surface area contributed by atoms with Crippen molar-refractivity contribution >= 4 is 11.8 Å². The first-order chi connectivity index (χ1) is 10.9. The molecule has 5 N–H and O–H groups in total. The minimum atomic E-state index is -0.973. The van der Waals surface area contributed by atoms with Gasteiger partial charge < -0.3 is 21.5 Å². The van der Waals surface area contributed by atoms with Crippen LogP contribution in [0.25, 0.3) is 0 Å². The van der Waals surface area contributed by atoms with Gasteiger partial charge in [0.1, 0.15) is 6.04 Å². The summed E-state index contributed by atoms with van der Waals surface area (Å²) in [6, 6.07) is -0.973. The van der Waals surface area contributed by atoms with Gasteiger partial charge in [-0.25, -0.2) is 0 Å². The summed E-state index contributed by atoms with van der Waals surface area (Å²) in [6.07, 6.45) is 7.64. The second-order valence-electron chi connectivity index (χ2n) is 6.12. The molecule has 0 aromatic heterocycles. The van der Waals surface area contributed by atoms with E-state index >= 15 is 0 Å². The van der Waals surface area contributed by atoms with E-state index in [-0.39, 0.29) is 17.7 Å². The lowest BCUT2D eigenvalue weighted by Gasteiger charge is -2.23. The Morgan fingerprint density at radius 2 is 2.09 bits per heavy atom. The van der Waals surface area contributed by atoms with Crippen molar-refractivity contribution in [3.63, 3.8) is 0 Å². The standard InChI is InChI=1S/C17H29N3O3/c1-4-5-6-9-19-16(22)14-8-7-13(10-11(14)2)20-17(23)15(18)12(3)21/h7-8,10-12,14-15,21H,4-6,9,18H2,1-3H3,(H,19,22)(H,20,23)/t11?,12-,14?,15+/m1/s1. The van der Waals surface area contributed by atoms with Gasteiger partial charge in [-0.1, -0.05) is 38.8 Å². The maximum Gasteiger partial charge on any atom is 0.243 e. The lowest BCUT2D eigenvalue weighted by molar-refractivity contribution is -0.124. The highest BCUT2D eigenvalue weighted by atomic mass is 16.3. The van der Waals surface area contributed by atoms with Gasteiger partial charge in [0.25, 0.3) is 0 Å². The summed E-state index contributed by atoms with van der Waals surface area (Å²) in [5, 5.41) is 14.9. The van der Waals surface area contributed by atoms with Crippen molar-refractivity contribution in [2.24, 2.45) is 17.6 Å². The average molecular weight is 323 g/mol. The van der Waals surface area contributed by atoms with Crippen molar-refractivity contribution in [3.8, 4) is 0 Å². The summed E-state index contributed by atoms with van der Waals surface area (Å²) in [5.41, 5.74) is 6.19. The van der Waals surface area contributed by atoms with E-state index in [4.69, 9.17) is 5.73 Å². The van der Waals surface area contributed by atoms with Crippen molar-refractivity contribution in [2.75, 3.05) is 6.54 Å². The number of nitrogens with two attached hydrogens (primary N) is 1. The monoisotopic (exact) mass is 323 g/mol. The largest absolute Gasteiger partial charge is 0.391 e. The molecule has 6 nitrogen and oxygen atoms in total. The van der Waals surface area contributed by atoms with Crippen LogP contribution in [-0.2, 0) is 9.59 Å². The van der Waals surface area contributed by atoms with E-state index in [1.807, 2.05) is 13.0 Å². The summed E-state index contributed by atoms with van der Waals surface area (Å²) in [5.74, 6) is -0.690. The number of allylic oxidation sites excluding steroid dienone is 2. The molecule has 0 bridgehead atoms. The van der Waals surface area contributed by atoms with Gasteiger partial charge in [0, 0.05) is 12.2 Å². The van der Waals surface area contributed by atoms with Crippen molar-refractivity contribution in [2.45, 2.75) is 52.2 Å². The molecule has 6 heteroatoms. The number of nitrogens with one attached hydrogen (secondary N) is 2. The van der Waals surface area contributed by atoms with Crippen LogP contribution >= 0.6 is 0 Å². The van der Waals surface area contributed by atoms with E-state index in [0.29, 0.717) is 12.2 Å². The number of hydrogen-bond acceptors (Lipinski definition) is 4. The number of carbonyl (C=O) groups excluding carboxylic acids is 2. The Balaban J connectivity index is 2.52. The molecule has 0 spiro atoms. The van der Waals surface area contributed by atoms with Crippen LogP contribution in [-0.4, -0.2) is 35.6 Å². The average Bonchev–Trinajstić information content (AvgIpc) is 2.50. The van der Waals surface area contributed by atoms with Gasteiger partial charge in [-0.3, -0.25) is 9.59 Å². The van der Waals surface area contributed by atoms with Crippen molar-refractivity contribution in [1.29, 1.82) is 0 Å². The summed E-state index contributed by atoms with van der Waals surface area (Å²) in [7, 11) is 0. The maximum atomic E-state index is 12.2. The minimum Gasteiger partial charge on any atom is -0.391 e. The van der Waals surface area contributed by atoms with E-state index in [1.54, 1.807) is 12.2 Å². The number of rotatable bonds is 8. The van der Waals surface area contributed by atoms with Crippen LogP contribution in [0.3, 0.4) is 0 Å². The van der Waals surface area contributed by atoms with E-state index in [1.165, 1.54) is 6.92 Å². The van der Waals surface area contributed by atoms with Crippen LogP contribution in [0.2, 0.25) is 0 Å². The third-order valence-electron chi connectivity index (χ3n) is 3.96. The molecule has 1 aliphatic carbocycles. The van der Waals surface area contributed by atoms with Gasteiger partial charge in [0.2, 0.25) is 11.8 Å². The zero-order valence-electron chi connectivity index (χ0n) is 14.2. The molecule has 4 atom stereocenters. The zero-order chi connectivity index (χ0) is 17.4. The topological polar surface area (TPSA) is 104 Å². The molecule has 0 aromatic rings. The van der Waals surface area contributed by atoms with E-state index in [2.05, 4.69) is 17.6 Å². The molecule has 0 heterocycles. The molecule has 0 fully saturated rings. The molecule has 0 saturated heterocycles. The highest BCUT2D eigenvalue weighted by Crippen LogP contribution is 2.22. The molecule has 1 rings (SSSR count). The first kappa shape index (κ1) is 19.4. The first-order valence-electron chi connectivity index (χ1n) is 8.29. The minimum absolute atomic E-state index is 0.00663. The Kier molecular flexibility index (Phi) is 7.98. The number of unbranched alkanes of at least 4 members (excludes halogenated alkanes) is 2. The van der Waals surface area contributed by atoms with E-state index < -0.39 is 18.1 Å². The Hall–Kier alpha value is -1.66. The van der Waals surface area contributed by atoms with Gasteiger partial charge >= 0.3 is 0 Å². The van der Waals surface area contributed by atoms with E-state index in [9.17, 15) is 14.7 Å². The van der Waals surface area contributed by atoms with Crippen LogP contribution in [0.15, 0.2) is 23.9 Å². The first-order valence-corrected chi connectivity index (χ1v) is 8.29. The molecule has 0 aromatic carbocycles. The van der Waals surface area contributed by atoms with Crippen LogP contribution in [0.4, 0.5) is 0 Å². The predicted molar refractivity (Wildman–Crippen MR) is 90.2 cm³/mol. The van der Waals surface area contributed by atoms with E-state index in [0.717, 1.165) is 19.3 Å². The third-order valence-corrected chi connectivity index (χ3v) is 3.96. The zero-order valence-corrected chi connectivity index (χ0v) is 14.2. The van der Waals surface area contributed by atoms with Gasteiger partial charge in [0.15, 0.2) is 0 Å². The number of aliphatic hydroxyl groups excluding tert-OH is 1. The molecule has 0 aliphatic heterocycles. The summed E-state index contributed by atoms with van der Waals surface area (Å²) in [4.78, 5) is 24.0. The van der Waals surface area contributed by atoms with Crippen LogP contribution < -0.4 is 16.4 Å². The fourth-order valence-corrected chi connectivity index (χ4v) is 2.38.